The Hall–Kier alpha value is -2.72. The van der Waals surface area contributed by atoms with E-state index >= 15 is 0 Å². The topological polar surface area (TPSA) is 29.6 Å². The minimum absolute atomic E-state index is 0.579. The summed E-state index contributed by atoms with van der Waals surface area (Å²) in [7, 11) is 0. The molecule has 3 rings (SSSR count). The Balaban J connectivity index is 2.06. The van der Waals surface area contributed by atoms with Gasteiger partial charge in [0, 0.05) is 10.9 Å². The van der Waals surface area contributed by atoms with Gasteiger partial charge in [-0.3, -0.25) is 4.99 Å². The van der Waals surface area contributed by atoms with Crippen LogP contribution in [-0.4, -0.2) is 17.4 Å². The molecule has 0 spiro atoms. The summed E-state index contributed by atoms with van der Waals surface area (Å²) >= 11 is 1.58. The third kappa shape index (κ3) is 3.73. The van der Waals surface area contributed by atoms with E-state index in [0.717, 1.165) is 21.6 Å². The maximum atomic E-state index is 4.64. The molecule has 0 bridgehead atoms. The van der Waals surface area contributed by atoms with Gasteiger partial charge in [0.2, 0.25) is 4.80 Å². The largest absolute Gasteiger partial charge is 0.253 e. The van der Waals surface area contributed by atoms with Crippen molar-refractivity contribution in [1.29, 1.82) is 0 Å². The maximum Gasteiger partial charge on any atom is 0.206 e. The summed E-state index contributed by atoms with van der Waals surface area (Å²) in [6.07, 6.45) is 3.64. The predicted molar refractivity (Wildman–Crippen MR) is 97.8 cm³/mol. The number of rotatable bonds is 5. The van der Waals surface area contributed by atoms with Crippen molar-refractivity contribution < 1.29 is 0 Å². The first-order chi connectivity index (χ1) is 11.4. The minimum Gasteiger partial charge on any atom is -0.253 e. The molecule has 3 nitrogen and oxygen atoms in total. The van der Waals surface area contributed by atoms with E-state index in [9.17, 15) is 0 Å². The molecule has 1 heterocycles. The first kappa shape index (κ1) is 15.2. The molecule has 0 atom stereocenters. The number of thiazole rings is 1. The molecule has 0 saturated carbocycles. The fourth-order valence-corrected chi connectivity index (χ4v) is 2.98. The molecular formula is C19H17N3S. The van der Waals surface area contributed by atoms with E-state index in [1.165, 1.54) is 0 Å². The van der Waals surface area contributed by atoms with Crippen LogP contribution in [0.2, 0.25) is 0 Å². The second-order valence-corrected chi connectivity index (χ2v) is 5.70. The second kappa shape index (κ2) is 7.51. The molecule has 3 aromatic rings. The normalized spacial score (nSPS) is 11.9. The molecule has 0 aliphatic rings. The van der Waals surface area contributed by atoms with Crippen LogP contribution in [0.4, 0.5) is 0 Å². The van der Waals surface area contributed by atoms with Gasteiger partial charge in [-0.25, -0.2) is 4.68 Å². The van der Waals surface area contributed by atoms with Crippen LogP contribution in [0.5, 0.6) is 0 Å². The van der Waals surface area contributed by atoms with E-state index in [1.54, 1.807) is 17.4 Å². The molecule has 4 heteroatoms. The number of benzene rings is 2. The molecule has 0 radical (unpaired) electrons. The zero-order valence-electron chi connectivity index (χ0n) is 12.7. The van der Waals surface area contributed by atoms with Crippen LogP contribution in [0.1, 0.15) is 5.56 Å². The first-order valence-corrected chi connectivity index (χ1v) is 8.23. The number of aromatic nitrogens is 1. The van der Waals surface area contributed by atoms with Crippen LogP contribution in [-0.2, 0) is 0 Å². The molecule has 0 unspecified atom stereocenters. The van der Waals surface area contributed by atoms with Gasteiger partial charge in [0.15, 0.2) is 0 Å². The zero-order chi connectivity index (χ0) is 15.9. The fourth-order valence-electron chi connectivity index (χ4n) is 2.13. The summed E-state index contributed by atoms with van der Waals surface area (Å²) in [6, 6.07) is 20.3. The van der Waals surface area contributed by atoms with Gasteiger partial charge in [0.05, 0.1) is 18.5 Å². The van der Waals surface area contributed by atoms with Crippen molar-refractivity contribution in [3.05, 3.63) is 89.1 Å². The average molecular weight is 319 g/mol. The number of nitrogens with zero attached hydrogens (tertiary/aromatic N) is 3. The third-order valence-corrected chi connectivity index (χ3v) is 4.09. The van der Waals surface area contributed by atoms with Crippen molar-refractivity contribution in [2.75, 3.05) is 6.54 Å². The second-order valence-electron chi connectivity index (χ2n) is 4.87. The highest BCUT2D eigenvalue weighted by Crippen LogP contribution is 2.19. The highest BCUT2D eigenvalue weighted by Gasteiger charge is 2.06. The molecule has 0 fully saturated rings. The van der Waals surface area contributed by atoms with Crippen LogP contribution in [0, 0.1) is 0 Å². The minimum atomic E-state index is 0.579. The summed E-state index contributed by atoms with van der Waals surface area (Å²) in [5, 5.41) is 6.72. The Morgan fingerprint density at radius 2 is 1.70 bits per heavy atom. The number of hydrogen-bond donors (Lipinski definition) is 0. The number of hydrogen-bond acceptors (Lipinski definition) is 3. The molecule has 0 saturated heterocycles. The highest BCUT2D eigenvalue weighted by molar-refractivity contribution is 7.07. The zero-order valence-corrected chi connectivity index (χ0v) is 13.5. The molecule has 1 aromatic heterocycles. The Morgan fingerprint density at radius 3 is 2.39 bits per heavy atom. The average Bonchev–Trinajstić information content (AvgIpc) is 3.02. The van der Waals surface area contributed by atoms with Crippen LogP contribution in [0.25, 0.3) is 11.3 Å². The van der Waals surface area contributed by atoms with Gasteiger partial charge in [-0.1, -0.05) is 66.7 Å². The van der Waals surface area contributed by atoms with Crippen molar-refractivity contribution in [2.45, 2.75) is 0 Å². The molecule has 0 N–H and O–H groups in total. The van der Waals surface area contributed by atoms with E-state index in [-0.39, 0.29) is 0 Å². The molecule has 0 amide bonds. The van der Waals surface area contributed by atoms with Gasteiger partial charge >= 0.3 is 0 Å². The summed E-state index contributed by atoms with van der Waals surface area (Å²) in [5.41, 5.74) is 3.21. The van der Waals surface area contributed by atoms with Crippen molar-refractivity contribution in [3.8, 4) is 11.3 Å². The molecule has 0 aliphatic heterocycles. The van der Waals surface area contributed by atoms with Crippen molar-refractivity contribution in [3.63, 3.8) is 0 Å². The first-order valence-electron chi connectivity index (χ1n) is 7.35. The standard InChI is InChI=1S/C19H17N3S/c1-2-13-20-19-22(21-14-16-9-5-3-6-10-16)18(15-23-19)17-11-7-4-8-12-17/h2-12,14-15H,1,13H2. The molecule has 0 aliphatic carbocycles. The van der Waals surface area contributed by atoms with Gasteiger partial charge < -0.3 is 0 Å². The lowest BCUT2D eigenvalue weighted by Crippen LogP contribution is -2.12. The smallest absolute Gasteiger partial charge is 0.206 e. The fraction of sp³-hybridized carbons (Fsp3) is 0.0526. The molecule has 23 heavy (non-hydrogen) atoms. The Kier molecular flexibility index (Phi) is 4.96. The van der Waals surface area contributed by atoms with Crippen molar-refractivity contribution in [1.82, 2.24) is 4.68 Å². The summed E-state index contributed by atoms with van der Waals surface area (Å²) in [6.45, 7) is 4.31. The lowest BCUT2D eigenvalue weighted by atomic mass is 10.2. The summed E-state index contributed by atoms with van der Waals surface area (Å²) < 4.78 is 1.89. The van der Waals surface area contributed by atoms with Gasteiger partial charge in [-0.15, -0.1) is 17.9 Å². The van der Waals surface area contributed by atoms with E-state index in [1.807, 2.05) is 59.4 Å². The van der Waals surface area contributed by atoms with Crippen molar-refractivity contribution >= 4 is 17.6 Å². The predicted octanol–water partition coefficient (Wildman–Crippen LogP) is 4.19. The van der Waals surface area contributed by atoms with Crippen LogP contribution < -0.4 is 4.80 Å². The lowest BCUT2D eigenvalue weighted by molar-refractivity contribution is 0.840. The van der Waals surface area contributed by atoms with E-state index in [0.29, 0.717) is 6.54 Å². The molecule has 2 aromatic carbocycles. The monoisotopic (exact) mass is 319 g/mol. The summed E-state index contributed by atoms with van der Waals surface area (Å²) in [4.78, 5) is 5.39. The Bertz CT molecular complexity index is 858. The lowest BCUT2D eigenvalue weighted by Gasteiger charge is -2.03. The maximum absolute atomic E-state index is 4.64. The Labute approximate surface area is 139 Å². The van der Waals surface area contributed by atoms with Gasteiger partial charge in [0.25, 0.3) is 0 Å². The van der Waals surface area contributed by atoms with Crippen LogP contribution in [0.3, 0.4) is 0 Å². The quantitative estimate of drug-likeness (QED) is 0.499. The van der Waals surface area contributed by atoms with E-state index in [4.69, 9.17) is 0 Å². The molecule has 114 valence electrons. The Morgan fingerprint density at radius 1 is 1.00 bits per heavy atom. The van der Waals surface area contributed by atoms with Gasteiger partial charge in [0.1, 0.15) is 0 Å². The van der Waals surface area contributed by atoms with Crippen LogP contribution >= 0.6 is 11.3 Å². The van der Waals surface area contributed by atoms with E-state index < -0.39 is 0 Å². The van der Waals surface area contributed by atoms with Crippen LogP contribution in [0.15, 0.2) is 88.8 Å². The SMILES string of the molecule is C=CCN=c1scc(-c2ccccc2)n1N=Cc1ccccc1. The van der Waals surface area contributed by atoms with E-state index in [2.05, 4.69) is 34.2 Å². The highest BCUT2D eigenvalue weighted by atomic mass is 32.1. The third-order valence-electron chi connectivity index (χ3n) is 3.23. The van der Waals surface area contributed by atoms with Crippen molar-refractivity contribution in [2.24, 2.45) is 10.1 Å². The van der Waals surface area contributed by atoms with Gasteiger partial charge in [-0.2, -0.15) is 5.10 Å². The summed E-state index contributed by atoms with van der Waals surface area (Å²) in [5.74, 6) is 0. The van der Waals surface area contributed by atoms with Gasteiger partial charge in [-0.05, 0) is 5.56 Å². The molecular weight excluding hydrogens is 302 g/mol.